The highest BCUT2D eigenvalue weighted by molar-refractivity contribution is 4.80. The molecule has 13 heavy (non-hydrogen) atoms. The molecule has 0 amide bonds. The van der Waals surface area contributed by atoms with Gasteiger partial charge in [-0.25, -0.2) is 0 Å². The van der Waals surface area contributed by atoms with Gasteiger partial charge in [0.1, 0.15) is 0 Å². The van der Waals surface area contributed by atoms with Crippen LogP contribution in [0.3, 0.4) is 0 Å². The molecule has 0 aromatic carbocycles. The summed E-state index contributed by atoms with van der Waals surface area (Å²) in [5.74, 6) is 0. The minimum Gasteiger partial charge on any atom is -0.298 e. The number of piperazine rings is 1. The van der Waals surface area contributed by atoms with Crippen molar-refractivity contribution in [1.82, 2.24) is 9.80 Å². The highest BCUT2D eigenvalue weighted by atomic mass is 15.3. The molecule has 0 aromatic rings. The van der Waals surface area contributed by atoms with Crippen molar-refractivity contribution in [2.45, 2.75) is 46.2 Å². The molecule has 0 bridgehead atoms. The van der Waals surface area contributed by atoms with Crippen molar-refractivity contribution in [1.29, 1.82) is 0 Å². The smallest absolute Gasteiger partial charge is 0.0195 e. The summed E-state index contributed by atoms with van der Waals surface area (Å²) in [7, 11) is 0. The van der Waals surface area contributed by atoms with Gasteiger partial charge in [0.2, 0.25) is 0 Å². The fourth-order valence-corrected chi connectivity index (χ4v) is 2.11. The van der Waals surface area contributed by atoms with E-state index in [0.29, 0.717) is 6.04 Å². The van der Waals surface area contributed by atoms with Gasteiger partial charge < -0.3 is 0 Å². The molecule has 0 saturated carbocycles. The van der Waals surface area contributed by atoms with Gasteiger partial charge in [-0.15, -0.1) is 0 Å². The summed E-state index contributed by atoms with van der Waals surface area (Å²) >= 11 is 0. The van der Waals surface area contributed by atoms with Crippen LogP contribution in [0.4, 0.5) is 0 Å². The lowest BCUT2D eigenvalue weighted by Gasteiger charge is -2.41. The maximum absolute atomic E-state index is 2.61. The Balaban J connectivity index is 2.37. The van der Waals surface area contributed by atoms with E-state index in [0.717, 1.165) is 6.04 Å². The molecule has 1 fully saturated rings. The number of rotatable bonds is 3. The van der Waals surface area contributed by atoms with E-state index in [1.54, 1.807) is 0 Å². The summed E-state index contributed by atoms with van der Waals surface area (Å²) in [6.45, 7) is 14.2. The van der Waals surface area contributed by atoms with E-state index in [1.165, 1.54) is 32.6 Å². The average Bonchev–Trinajstić information content (AvgIpc) is 2.08. The first-order valence-electron chi connectivity index (χ1n) is 5.63. The normalized spacial score (nSPS) is 27.0. The zero-order chi connectivity index (χ0) is 9.84. The number of hydrogen-bond donors (Lipinski definition) is 0. The van der Waals surface area contributed by atoms with E-state index in [1.807, 2.05) is 0 Å². The van der Waals surface area contributed by atoms with Gasteiger partial charge in [-0.2, -0.15) is 0 Å². The first-order valence-corrected chi connectivity index (χ1v) is 5.63. The van der Waals surface area contributed by atoms with Crippen LogP contribution < -0.4 is 0 Å². The fraction of sp³-hybridized carbons (Fsp3) is 1.00. The second kappa shape index (κ2) is 4.97. The molecule has 1 rings (SSSR count). The standard InChI is InChI=1S/C11H24N2/c1-5-6-12-7-8-13(10(2)3)9-11(12)4/h10-11H,5-9H2,1-4H3. The predicted octanol–water partition coefficient (Wildman–Crippen LogP) is 1.81. The summed E-state index contributed by atoms with van der Waals surface area (Å²) in [6, 6.07) is 1.46. The Morgan fingerprint density at radius 2 is 2.00 bits per heavy atom. The Labute approximate surface area is 82.9 Å². The SMILES string of the molecule is CCCN1CCN(C(C)C)CC1C. The lowest BCUT2D eigenvalue weighted by molar-refractivity contribution is 0.0650. The molecule has 1 aliphatic rings. The summed E-state index contributed by atoms with van der Waals surface area (Å²) in [6.07, 6.45) is 1.28. The monoisotopic (exact) mass is 184 g/mol. The van der Waals surface area contributed by atoms with Crippen molar-refractivity contribution in [3.8, 4) is 0 Å². The van der Waals surface area contributed by atoms with Gasteiger partial charge in [0.15, 0.2) is 0 Å². The molecule has 0 N–H and O–H groups in total. The first kappa shape index (κ1) is 11.0. The van der Waals surface area contributed by atoms with E-state index >= 15 is 0 Å². The zero-order valence-electron chi connectivity index (χ0n) is 9.58. The van der Waals surface area contributed by atoms with Crippen molar-refractivity contribution < 1.29 is 0 Å². The first-order chi connectivity index (χ1) is 6.15. The topological polar surface area (TPSA) is 6.48 Å². The fourth-order valence-electron chi connectivity index (χ4n) is 2.11. The van der Waals surface area contributed by atoms with Crippen molar-refractivity contribution in [2.24, 2.45) is 0 Å². The Bertz CT molecular complexity index is 145. The molecule has 0 aliphatic carbocycles. The molecular weight excluding hydrogens is 160 g/mol. The van der Waals surface area contributed by atoms with Gasteiger partial charge in [0.25, 0.3) is 0 Å². The summed E-state index contributed by atoms with van der Waals surface area (Å²) in [5.41, 5.74) is 0. The van der Waals surface area contributed by atoms with Crippen molar-refractivity contribution in [3.63, 3.8) is 0 Å². The van der Waals surface area contributed by atoms with Crippen molar-refractivity contribution >= 4 is 0 Å². The molecule has 1 heterocycles. The Morgan fingerprint density at radius 3 is 2.46 bits per heavy atom. The quantitative estimate of drug-likeness (QED) is 0.660. The molecule has 1 atom stereocenters. The van der Waals surface area contributed by atoms with Crippen LogP contribution in [-0.4, -0.2) is 48.1 Å². The van der Waals surface area contributed by atoms with Gasteiger partial charge in [0.05, 0.1) is 0 Å². The third-order valence-corrected chi connectivity index (χ3v) is 3.04. The molecule has 0 radical (unpaired) electrons. The molecule has 1 saturated heterocycles. The molecule has 0 aromatic heterocycles. The van der Waals surface area contributed by atoms with E-state index in [2.05, 4.69) is 37.5 Å². The summed E-state index contributed by atoms with van der Waals surface area (Å²) < 4.78 is 0. The number of nitrogens with zero attached hydrogens (tertiary/aromatic N) is 2. The van der Waals surface area contributed by atoms with Crippen molar-refractivity contribution in [2.75, 3.05) is 26.2 Å². The van der Waals surface area contributed by atoms with Crippen LogP contribution in [0.5, 0.6) is 0 Å². The third-order valence-electron chi connectivity index (χ3n) is 3.04. The van der Waals surface area contributed by atoms with Crippen LogP contribution in [0.15, 0.2) is 0 Å². The van der Waals surface area contributed by atoms with Crippen LogP contribution in [0.2, 0.25) is 0 Å². The Kier molecular flexibility index (Phi) is 4.20. The molecule has 2 nitrogen and oxygen atoms in total. The molecule has 1 unspecified atom stereocenters. The lowest BCUT2D eigenvalue weighted by atomic mass is 10.1. The largest absolute Gasteiger partial charge is 0.298 e. The third kappa shape index (κ3) is 2.96. The molecule has 1 aliphatic heterocycles. The maximum Gasteiger partial charge on any atom is 0.0195 e. The van der Waals surface area contributed by atoms with Gasteiger partial charge in [0, 0.05) is 31.7 Å². The summed E-state index contributed by atoms with van der Waals surface area (Å²) in [4.78, 5) is 5.19. The molecule has 2 heteroatoms. The van der Waals surface area contributed by atoms with Gasteiger partial charge in [-0.1, -0.05) is 6.92 Å². The van der Waals surface area contributed by atoms with Crippen LogP contribution in [0.25, 0.3) is 0 Å². The van der Waals surface area contributed by atoms with E-state index in [9.17, 15) is 0 Å². The van der Waals surface area contributed by atoms with E-state index in [-0.39, 0.29) is 0 Å². The molecule has 0 spiro atoms. The predicted molar refractivity (Wildman–Crippen MR) is 58.0 cm³/mol. The van der Waals surface area contributed by atoms with Gasteiger partial charge >= 0.3 is 0 Å². The molecule has 78 valence electrons. The highest BCUT2D eigenvalue weighted by Crippen LogP contribution is 2.11. The minimum atomic E-state index is 0.714. The van der Waals surface area contributed by atoms with E-state index < -0.39 is 0 Å². The lowest BCUT2D eigenvalue weighted by Crippen LogP contribution is -2.53. The second-order valence-corrected chi connectivity index (χ2v) is 4.47. The van der Waals surface area contributed by atoms with Crippen LogP contribution in [-0.2, 0) is 0 Å². The highest BCUT2D eigenvalue weighted by Gasteiger charge is 2.23. The van der Waals surface area contributed by atoms with Gasteiger partial charge in [-0.05, 0) is 33.7 Å². The van der Waals surface area contributed by atoms with Crippen molar-refractivity contribution in [3.05, 3.63) is 0 Å². The average molecular weight is 184 g/mol. The van der Waals surface area contributed by atoms with Crippen LogP contribution >= 0.6 is 0 Å². The Hall–Kier alpha value is -0.0800. The number of hydrogen-bond acceptors (Lipinski definition) is 2. The molecular formula is C11H24N2. The zero-order valence-corrected chi connectivity index (χ0v) is 9.58. The maximum atomic E-state index is 2.61. The Morgan fingerprint density at radius 1 is 1.31 bits per heavy atom. The van der Waals surface area contributed by atoms with E-state index in [4.69, 9.17) is 0 Å². The van der Waals surface area contributed by atoms with Crippen LogP contribution in [0, 0.1) is 0 Å². The van der Waals surface area contributed by atoms with Crippen LogP contribution in [0.1, 0.15) is 34.1 Å². The van der Waals surface area contributed by atoms with Gasteiger partial charge in [-0.3, -0.25) is 9.80 Å². The summed E-state index contributed by atoms with van der Waals surface area (Å²) in [5, 5.41) is 0. The second-order valence-electron chi connectivity index (χ2n) is 4.47. The minimum absolute atomic E-state index is 0.714.